The van der Waals surface area contributed by atoms with Gasteiger partial charge in [-0.15, -0.1) is 11.3 Å². The molecule has 0 radical (unpaired) electrons. The third-order valence-electron chi connectivity index (χ3n) is 3.74. The van der Waals surface area contributed by atoms with Crippen LogP contribution in [0.3, 0.4) is 0 Å². The second-order valence-electron chi connectivity index (χ2n) is 6.29. The van der Waals surface area contributed by atoms with Crippen LogP contribution in [0.2, 0.25) is 0 Å². The van der Waals surface area contributed by atoms with Crippen LogP contribution in [0.4, 0.5) is 0 Å². The molecule has 0 bridgehead atoms. The highest BCUT2D eigenvalue weighted by atomic mass is 32.2. The third-order valence-corrected chi connectivity index (χ3v) is 5.61. The van der Waals surface area contributed by atoms with E-state index in [0.29, 0.717) is 29.4 Å². The van der Waals surface area contributed by atoms with Gasteiger partial charge in [0.1, 0.15) is 11.5 Å². The minimum Gasteiger partial charge on any atom is -0.494 e. The largest absolute Gasteiger partial charge is 0.494 e. The van der Waals surface area contributed by atoms with Crippen molar-refractivity contribution >= 4 is 33.2 Å². The fourth-order valence-electron chi connectivity index (χ4n) is 2.31. The van der Waals surface area contributed by atoms with Crippen LogP contribution < -0.4 is 25.0 Å². The molecule has 11 heteroatoms. The molecule has 1 heterocycles. The number of ether oxygens (including phenoxy) is 2. The van der Waals surface area contributed by atoms with Gasteiger partial charge in [0.15, 0.2) is 6.10 Å². The molecular formula is C19H25N3O6S2. The van der Waals surface area contributed by atoms with E-state index in [2.05, 4.69) is 15.6 Å². The highest BCUT2D eigenvalue weighted by Gasteiger charge is 2.17. The number of hydrogen-bond acceptors (Lipinski definition) is 7. The van der Waals surface area contributed by atoms with Gasteiger partial charge in [-0.25, -0.2) is 13.1 Å². The zero-order chi connectivity index (χ0) is 22.1. The lowest BCUT2D eigenvalue weighted by atomic mass is 10.3. The lowest BCUT2D eigenvalue weighted by Crippen LogP contribution is -2.47. The Kier molecular flexibility index (Phi) is 8.63. The van der Waals surface area contributed by atoms with Crippen molar-refractivity contribution in [1.82, 2.24) is 15.6 Å². The normalized spacial score (nSPS) is 12.1. The number of amides is 2. The molecule has 1 aromatic heterocycles. The highest BCUT2D eigenvalue weighted by Crippen LogP contribution is 2.19. The monoisotopic (exact) mass is 455 g/mol. The fourth-order valence-corrected chi connectivity index (χ4v) is 3.69. The molecule has 30 heavy (non-hydrogen) atoms. The fraction of sp³-hybridized carbons (Fsp3) is 0.368. The van der Waals surface area contributed by atoms with Crippen LogP contribution in [0.25, 0.3) is 0 Å². The molecule has 0 aliphatic heterocycles. The van der Waals surface area contributed by atoms with Crippen LogP contribution in [-0.2, 0) is 21.2 Å². The number of rotatable bonds is 10. The van der Waals surface area contributed by atoms with Crippen molar-refractivity contribution in [3.05, 3.63) is 46.2 Å². The summed E-state index contributed by atoms with van der Waals surface area (Å²) in [5.74, 6) is 0.227. The lowest BCUT2D eigenvalue weighted by molar-refractivity contribution is -0.128. The first-order valence-electron chi connectivity index (χ1n) is 9.21. The van der Waals surface area contributed by atoms with Crippen LogP contribution in [-0.4, -0.2) is 45.7 Å². The maximum Gasteiger partial charge on any atom is 0.279 e. The first-order valence-corrected chi connectivity index (χ1v) is 11.9. The van der Waals surface area contributed by atoms with Crippen molar-refractivity contribution in [3.8, 4) is 11.5 Å². The number of sulfonamides is 1. The van der Waals surface area contributed by atoms with E-state index in [4.69, 9.17) is 9.47 Å². The Morgan fingerprint density at radius 3 is 2.37 bits per heavy atom. The molecule has 0 saturated carbocycles. The standard InChI is InChI=1S/C19H25N3O6S2/c1-4-27-14-5-7-15(8-6-14)28-13(2)18(23)21-22-19(24)17-10-9-16(29-17)11-12-20-30(3,25)26/h5-10,13,20H,4,11-12H2,1-3H3,(H,21,23)(H,22,24)/t13-/m1/s1. The summed E-state index contributed by atoms with van der Waals surface area (Å²) in [5.41, 5.74) is 4.68. The first kappa shape index (κ1) is 23.6. The molecule has 0 aliphatic rings. The number of hydrazine groups is 1. The third kappa shape index (κ3) is 8.01. The van der Waals surface area contributed by atoms with Crippen molar-refractivity contribution in [3.63, 3.8) is 0 Å². The zero-order valence-electron chi connectivity index (χ0n) is 16.9. The van der Waals surface area contributed by atoms with Crippen molar-refractivity contribution in [2.45, 2.75) is 26.4 Å². The van der Waals surface area contributed by atoms with Crippen LogP contribution in [0, 0.1) is 0 Å². The number of nitrogens with one attached hydrogen (secondary N) is 3. The molecule has 1 aromatic carbocycles. The number of thiophene rings is 1. The molecule has 0 saturated heterocycles. The molecule has 2 aromatic rings. The molecule has 2 amide bonds. The van der Waals surface area contributed by atoms with E-state index in [1.54, 1.807) is 43.3 Å². The molecular weight excluding hydrogens is 430 g/mol. The highest BCUT2D eigenvalue weighted by molar-refractivity contribution is 7.88. The molecule has 1 atom stereocenters. The number of hydrogen-bond donors (Lipinski definition) is 3. The summed E-state index contributed by atoms with van der Waals surface area (Å²) in [6.45, 7) is 4.26. The average molecular weight is 456 g/mol. The Bertz CT molecular complexity index is 957. The van der Waals surface area contributed by atoms with E-state index < -0.39 is 27.9 Å². The number of benzene rings is 1. The summed E-state index contributed by atoms with van der Waals surface area (Å²) in [4.78, 5) is 25.6. The van der Waals surface area contributed by atoms with Gasteiger partial charge in [-0.05, 0) is 56.7 Å². The minimum absolute atomic E-state index is 0.248. The maximum atomic E-state index is 12.2. The number of carbonyl (C=O) groups is 2. The van der Waals surface area contributed by atoms with Gasteiger partial charge >= 0.3 is 0 Å². The average Bonchev–Trinajstić information content (AvgIpc) is 3.15. The van der Waals surface area contributed by atoms with E-state index >= 15 is 0 Å². The van der Waals surface area contributed by atoms with E-state index in [-0.39, 0.29) is 6.54 Å². The molecule has 0 fully saturated rings. The summed E-state index contributed by atoms with van der Waals surface area (Å²) < 4.78 is 35.4. The molecule has 2 rings (SSSR count). The van der Waals surface area contributed by atoms with E-state index in [9.17, 15) is 18.0 Å². The van der Waals surface area contributed by atoms with Gasteiger partial charge in [0.05, 0.1) is 17.7 Å². The minimum atomic E-state index is -3.25. The van der Waals surface area contributed by atoms with E-state index in [0.717, 1.165) is 11.1 Å². The SMILES string of the molecule is CCOc1ccc(O[C@H](C)C(=O)NNC(=O)c2ccc(CCNS(C)(=O)=O)s2)cc1. The van der Waals surface area contributed by atoms with Gasteiger partial charge in [-0.3, -0.25) is 20.4 Å². The zero-order valence-corrected chi connectivity index (χ0v) is 18.6. The van der Waals surface area contributed by atoms with Gasteiger partial charge in [0.25, 0.3) is 11.8 Å². The predicted octanol–water partition coefficient (Wildman–Crippen LogP) is 1.47. The summed E-state index contributed by atoms with van der Waals surface area (Å²) in [5, 5.41) is 0. The van der Waals surface area contributed by atoms with Crippen molar-refractivity contribution < 1.29 is 27.5 Å². The summed E-state index contributed by atoms with van der Waals surface area (Å²) in [6.07, 6.45) is 0.720. The smallest absolute Gasteiger partial charge is 0.279 e. The summed E-state index contributed by atoms with van der Waals surface area (Å²) in [6, 6.07) is 10.2. The van der Waals surface area contributed by atoms with Crippen molar-refractivity contribution in [1.29, 1.82) is 0 Å². The van der Waals surface area contributed by atoms with Crippen LogP contribution in [0.1, 0.15) is 28.4 Å². The quantitative estimate of drug-likeness (QED) is 0.466. The summed E-state index contributed by atoms with van der Waals surface area (Å²) in [7, 11) is -3.25. The Hall–Kier alpha value is -2.63. The van der Waals surface area contributed by atoms with Gasteiger partial charge in [-0.1, -0.05) is 0 Å². The predicted molar refractivity (Wildman–Crippen MR) is 114 cm³/mol. The second-order valence-corrected chi connectivity index (χ2v) is 9.29. The Balaban J connectivity index is 1.78. The van der Waals surface area contributed by atoms with Crippen LogP contribution in [0.5, 0.6) is 11.5 Å². The number of carbonyl (C=O) groups excluding carboxylic acids is 2. The molecule has 0 aliphatic carbocycles. The Morgan fingerprint density at radius 2 is 1.73 bits per heavy atom. The Morgan fingerprint density at radius 1 is 1.07 bits per heavy atom. The topological polar surface area (TPSA) is 123 Å². The second kappa shape index (κ2) is 11.0. The summed E-state index contributed by atoms with van der Waals surface area (Å²) >= 11 is 1.22. The van der Waals surface area contributed by atoms with Crippen molar-refractivity contribution in [2.75, 3.05) is 19.4 Å². The molecule has 9 nitrogen and oxygen atoms in total. The van der Waals surface area contributed by atoms with Gasteiger partial charge in [-0.2, -0.15) is 0 Å². The first-order chi connectivity index (χ1) is 14.2. The lowest BCUT2D eigenvalue weighted by Gasteiger charge is -2.15. The van der Waals surface area contributed by atoms with Crippen molar-refractivity contribution in [2.24, 2.45) is 0 Å². The van der Waals surface area contributed by atoms with Gasteiger partial charge < -0.3 is 9.47 Å². The molecule has 0 spiro atoms. The maximum absolute atomic E-state index is 12.2. The van der Waals surface area contributed by atoms with Gasteiger partial charge in [0, 0.05) is 11.4 Å². The van der Waals surface area contributed by atoms with Crippen LogP contribution >= 0.6 is 11.3 Å². The Labute approximate surface area is 179 Å². The van der Waals surface area contributed by atoms with Gasteiger partial charge in [0.2, 0.25) is 10.0 Å². The van der Waals surface area contributed by atoms with E-state index in [1.807, 2.05) is 6.92 Å². The molecule has 0 unspecified atom stereocenters. The molecule has 164 valence electrons. The van der Waals surface area contributed by atoms with E-state index in [1.165, 1.54) is 11.3 Å². The molecule has 3 N–H and O–H groups in total. The van der Waals surface area contributed by atoms with Crippen LogP contribution in [0.15, 0.2) is 36.4 Å².